The zero-order valence-corrected chi connectivity index (χ0v) is 13.3. The van der Waals surface area contributed by atoms with Gasteiger partial charge in [-0.05, 0) is 67.9 Å². The first kappa shape index (κ1) is 15.8. The Morgan fingerprint density at radius 2 is 1.54 bits per heavy atom. The Hall–Kier alpha value is -1.72. The standard InChI is InChI=1S/C18H21F3N2O/c19-18(20,21)14-3-1-2-4-15(14)22-17(24)23-16-12-6-10-5-11(8-12)9-13(16)7-10/h1-4,10-13,16H,5-9H2,(H2,22,23,24). The van der Waals surface area contributed by atoms with Crippen LogP contribution in [0, 0.1) is 23.7 Å². The van der Waals surface area contributed by atoms with Crippen molar-refractivity contribution >= 4 is 11.7 Å². The Morgan fingerprint density at radius 3 is 2.12 bits per heavy atom. The largest absolute Gasteiger partial charge is 0.418 e. The summed E-state index contributed by atoms with van der Waals surface area (Å²) in [4.78, 5) is 12.3. The number of halogens is 3. The molecule has 4 bridgehead atoms. The fourth-order valence-corrected chi connectivity index (χ4v) is 5.31. The van der Waals surface area contributed by atoms with Crippen LogP contribution in [0.3, 0.4) is 0 Å². The molecule has 3 nitrogen and oxygen atoms in total. The molecule has 5 rings (SSSR count). The monoisotopic (exact) mass is 338 g/mol. The molecule has 0 unspecified atom stereocenters. The number of rotatable bonds is 2. The third kappa shape index (κ3) is 2.87. The molecule has 6 heteroatoms. The highest BCUT2D eigenvalue weighted by atomic mass is 19.4. The SMILES string of the molecule is O=C(Nc1ccccc1C(F)(F)F)NC1C2CC3CC(C2)CC1C3. The number of para-hydroxylation sites is 1. The predicted octanol–water partition coefficient (Wildman–Crippen LogP) is 4.65. The Kier molecular flexibility index (Phi) is 3.73. The molecule has 2 N–H and O–H groups in total. The molecule has 1 aromatic rings. The van der Waals surface area contributed by atoms with Crippen LogP contribution in [0.25, 0.3) is 0 Å². The van der Waals surface area contributed by atoms with Crippen LogP contribution in [0.5, 0.6) is 0 Å². The summed E-state index contributed by atoms with van der Waals surface area (Å²) >= 11 is 0. The predicted molar refractivity (Wildman–Crippen MR) is 84.4 cm³/mol. The zero-order valence-electron chi connectivity index (χ0n) is 13.3. The van der Waals surface area contributed by atoms with Gasteiger partial charge in [-0.25, -0.2) is 4.79 Å². The number of anilines is 1. The summed E-state index contributed by atoms with van der Waals surface area (Å²) in [7, 11) is 0. The fourth-order valence-electron chi connectivity index (χ4n) is 5.31. The topological polar surface area (TPSA) is 41.1 Å². The number of alkyl halides is 3. The lowest BCUT2D eigenvalue weighted by molar-refractivity contribution is -0.136. The molecule has 0 aromatic heterocycles. The van der Waals surface area contributed by atoms with Gasteiger partial charge in [0.2, 0.25) is 0 Å². The van der Waals surface area contributed by atoms with Gasteiger partial charge in [-0.3, -0.25) is 0 Å². The van der Waals surface area contributed by atoms with Gasteiger partial charge in [0.1, 0.15) is 0 Å². The highest BCUT2D eigenvalue weighted by Crippen LogP contribution is 2.53. The summed E-state index contributed by atoms with van der Waals surface area (Å²) < 4.78 is 39.1. The van der Waals surface area contributed by atoms with E-state index in [0.29, 0.717) is 11.8 Å². The van der Waals surface area contributed by atoms with Crippen LogP contribution in [-0.2, 0) is 6.18 Å². The van der Waals surface area contributed by atoms with E-state index in [9.17, 15) is 18.0 Å². The molecule has 0 saturated heterocycles. The third-order valence-electron chi connectivity index (χ3n) is 6.01. The lowest BCUT2D eigenvalue weighted by Crippen LogP contribution is -2.56. The van der Waals surface area contributed by atoms with Gasteiger partial charge in [0.15, 0.2) is 0 Å². The average Bonchev–Trinajstić information content (AvgIpc) is 2.49. The van der Waals surface area contributed by atoms with E-state index in [4.69, 9.17) is 0 Å². The maximum atomic E-state index is 13.0. The minimum atomic E-state index is -4.48. The van der Waals surface area contributed by atoms with Gasteiger partial charge in [-0.1, -0.05) is 12.1 Å². The number of carbonyl (C=O) groups excluding carboxylic acids is 1. The van der Waals surface area contributed by atoms with Crippen molar-refractivity contribution in [2.24, 2.45) is 23.7 Å². The first-order chi connectivity index (χ1) is 11.4. The Morgan fingerprint density at radius 1 is 0.958 bits per heavy atom. The van der Waals surface area contributed by atoms with Gasteiger partial charge in [0.05, 0.1) is 11.3 Å². The Bertz CT molecular complexity index is 615. The minimum Gasteiger partial charge on any atom is -0.335 e. The van der Waals surface area contributed by atoms with E-state index in [-0.39, 0.29) is 11.7 Å². The van der Waals surface area contributed by atoms with Crippen LogP contribution in [-0.4, -0.2) is 12.1 Å². The number of amides is 2. The average molecular weight is 338 g/mol. The van der Waals surface area contributed by atoms with E-state index in [2.05, 4.69) is 10.6 Å². The lowest BCUT2D eigenvalue weighted by atomic mass is 9.54. The first-order valence-corrected chi connectivity index (χ1v) is 8.64. The molecule has 0 radical (unpaired) electrons. The second-order valence-corrected chi connectivity index (χ2v) is 7.60. The molecule has 24 heavy (non-hydrogen) atoms. The van der Waals surface area contributed by atoms with Crippen LogP contribution in [0.2, 0.25) is 0 Å². The minimum absolute atomic E-state index is 0.107. The van der Waals surface area contributed by atoms with E-state index in [0.717, 1.165) is 43.6 Å². The van der Waals surface area contributed by atoms with Crippen LogP contribution in [0.4, 0.5) is 23.7 Å². The summed E-state index contributed by atoms with van der Waals surface area (Å²) in [6.45, 7) is 0. The lowest BCUT2D eigenvalue weighted by Gasteiger charge is -2.54. The van der Waals surface area contributed by atoms with E-state index in [1.54, 1.807) is 0 Å². The molecule has 4 saturated carbocycles. The second-order valence-electron chi connectivity index (χ2n) is 7.60. The van der Waals surface area contributed by atoms with Gasteiger partial charge in [-0.2, -0.15) is 13.2 Å². The highest BCUT2D eigenvalue weighted by Gasteiger charge is 2.48. The number of hydrogen-bond donors (Lipinski definition) is 2. The number of carbonyl (C=O) groups is 1. The molecule has 0 heterocycles. The summed E-state index contributed by atoms with van der Waals surface area (Å²) in [5.41, 5.74) is -1.00. The summed E-state index contributed by atoms with van der Waals surface area (Å²) in [6, 6.07) is 4.68. The zero-order chi connectivity index (χ0) is 16.9. The highest BCUT2D eigenvalue weighted by molar-refractivity contribution is 5.90. The van der Waals surface area contributed by atoms with Crippen LogP contribution < -0.4 is 10.6 Å². The molecule has 4 aliphatic rings. The third-order valence-corrected chi connectivity index (χ3v) is 6.01. The molecule has 1 aromatic carbocycles. The van der Waals surface area contributed by atoms with Gasteiger partial charge >= 0.3 is 12.2 Å². The molecule has 4 aliphatic carbocycles. The van der Waals surface area contributed by atoms with Crippen molar-refractivity contribution < 1.29 is 18.0 Å². The van der Waals surface area contributed by atoms with E-state index < -0.39 is 17.8 Å². The number of hydrogen-bond acceptors (Lipinski definition) is 1. The normalized spacial score (nSPS) is 34.2. The molecule has 130 valence electrons. The molecule has 2 amide bonds. The van der Waals surface area contributed by atoms with Crippen molar-refractivity contribution in [3.05, 3.63) is 29.8 Å². The van der Waals surface area contributed by atoms with Gasteiger partial charge in [0, 0.05) is 6.04 Å². The summed E-state index contributed by atoms with van der Waals surface area (Å²) in [6.07, 6.45) is 1.44. The molecular formula is C18H21F3N2O. The maximum Gasteiger partial charge on any atom is 0.418 e. The Labute approximate surface area is 139 Å². The number of urea groups is 1. The van der Waals surface area contributed by atoms with Crippen molar-refractivity contribution in [2.45, 2.75) is 44.3 Å². The summed E-state index contributed by atoms with van der Waals surface area (Å²) in [5, 5.41) is 5.38. The Balaban J connectivity index is 1.45. The van der Waals surface area contributed by atoms with Gasteiger partial charge in [0.25, 0.3) is 0 Å². The van der Waals surface area contributed by atoms with Crippen molar-refractivity contribution in [3.63, 3.8) is 0 Å². The van der Waals surface area contributed by atoms with Crippen molar-refractivity contribution in [3.8, 4) is 0 Å². The van der Waals surface area contributed by atoms with Crippen molar-refractivity contribution in [2.75, 3.05) is 5.32 Å². The van der Waals surface area contributed by atoms with Crippen LogP contribution >= 0.6 is 0 Å². The van der Waals surface area contributed by atoms with Gasteiger partial charge < -0.3 is 10.6 Å². The first-order valence-electron chi connectivity index (χ1n) is 8.64. The van der Waals surface area contributed by atoms with Crippen LogP contribution in [0.1, 0.15) is 37.7 Å². The van der Waals surface area contributed by atoms with Gasteiger partial charge in [-0.15, -0.1) is 0 Å². The molecule has 4 fully saturated rings. The smallest absolute Gasteiger partial charge is 0.335 e. The fraction of sp³-hybridized carbons (Fsp3) is 0.611. The van der Waals surface area contributed by atoms with E-state index in [1.807, 2.05) is 0 Å². The summed E-state index contributed by atoms with van der Waals surface area (Å²) in [5.74, 6) is 2.56. The number of benzene rings is 1. The van der Waals surface area contributed by atoms with E-state index >= 15 is 0 Å². The molecular weight excluding hydrogens is 317 g/mol. The van der Waals surface area contributed by atoms with Crippen LogP contribution in [0.15, 0.2) is 24.3 Å². The quantitative estimate of drug-likeness (QED) is 0.809. The van der Waals surface area contributed by atoms with E-state index in [1.165, 1.54) is 24.6 Å². The molecule has 0 atom stereocenters. The maximum absolute atomic E-state index is 13.0. The molecule has 0 aliphatic heterocycles. The second kappa shape index (κ2) is 5.67. The molecule has 0 spiro atoms. The van der Waals surface area contributed by atoms with Crippen molar-refractivity contribution in [1.29, 1.82) is 0 Å². The van der Waals surface area contributed by atoms with Crippen molar-refractivity contribution in [1.82, 2.24) is 5.32 Å². The number of nitrogens with one attached hydrogen (secondary N) is 2.